The first-order chi connectivity index (χ1) is 32.1. The van der Waals surface area contributed by atoms with Gasteiger partial charge in [0.05, 0.1) is 30.7 Å². The molecule has 2 saturated heterocycles. The van der Waals surface area contributed by atoms with Gasteiger partial charge in [-0.25, -0.2) is 9.78 Å². The van der Waals surface area contributed by atoms with Crippen LogP contribution < -0.4 is 36.8 Å². The van der Waals surface area contributed by atoms with E-state index in [1.54, 1.807) is 31.3 Å². The van der Waals surface area contributed by atoms with E-state index >= 15 is 0 Å². The van der Waals surface area contributed by atoms with Gasteiger partial charge >= 0.3 is 6.03 Å². The number of benzene rings is 3. The number of rotatable bonds is 14. The third kappa shape index (κ3) is 11.4. The van der Waals surface area contributed by atoms with Crippen molar-refractivity contribution in [2.24, 2.45) is 0 Å². The Hall–Kier alpha value is -6.74. The third-order valence-electron chi connectivity index (χ3n) is 12.3. The summed E-state index contributed by atoms with van der Waals surface area (Å²) in [7, 11) is 1.58. The molecule has 344 valence electrons. The minimum atomic E-state index is -0.634. The van der Waals surface area contributed by atoms with Crippen LogP contribution in [0.4, 0.5) is 33.6 Å². The Bertz CT molecular complexity index is 2500. The summed E-state index contributed by atoms with van der Waals surface area (Å²) >= 11 is 6.40. The molecule has 0 bridgehead atoms. The topological polar surface area (TPSA) is 202 Å². The van der Waals surface area contributed by atoms with Gasteiger partial charge in [-0.1, -0.05) is 35.6 Å². The summed E-state index contributed by atoms with van der Waals surface area (Å²) in [4.78, 5) is 76.9. The van der Waals surface area contributed by atoms with Crippen LogP contribution in [-0.4, -0.2) is 121 Å². The number of aromatic nitrogens is 2. The highest BCUT2D eigenvalue weighted by Crippen LogP contribution is 2.30. The van der Waals surface area contributed by atoms with Gasteiger partial charge in [-0.15, -0.1) is 0 Å². The number of carbonyl (C=O) groups is 5. The van der Waals surface area contributed by atoms with Gasteiger partial charge in [0.2, 0.25) is 17.8 Å². The molecule has 3 fully saturated rings. The molecule has 0 spiro atoms. The Labute approximate surface area is 388 Å². The Morgan fingerprint density at radius 3 is 2.45 bits per heavy atom. The quantitative estimate of drug-likeness (QED) is 0.0567. The SMILES string of the molecule is CNC(=O)c1ccccc1Nc1nc(Nc2ccc(N3CCN(C(=O)N[C@H]4CC[C@@H](NCCOCCC#Cc5ccc6c(c5)CN(C5CCC(=O)NC5=O)C6=O)CC4)CC3)cc2)ncc1Cl. The number of fused-ring (bicyclic) bond motifs is 1. The molecule has 8 rings (SSSR count). The summed E-state index contributed by atoms with van der Waals surface area (Å²) in [6.45, 7) is 4.89. The van der Waals surface area contributed by atoms with Crippen molar-refractivity contribution in [3.63, 3.8) is 0 Å². The van der Waals surface area contributed by atoms with Crippen molar-refractivity contribution in [2.75, 3.05) is 68.5 Å². The number of hydrogen-bond acceptors (Lipinski definition) is 12. The van der Waals surface area contributed by atoms with Crippen molar-refractivity contribution in [3.8, 4) is 11.8 Å². The van der Waals surface area contributed by atoms with Gasteiger partial charge in [-0.05, 0) is 92.3 Å². The molecule has 18 heteroatoms. The van der Waals surface area contributed by atoms with E-state index in [4.69, 9.17) is 16.3 Å². The summed E-state index contributed by atoms with van der Waals surface area (Å²) in [6.07, 6.45) is 6.47. The molecule has 1 aromatic heterocycles. The molecule has 6 amide bonds. The Kier molecular flexibility index (Phi) is 14.9. The monoisotopic (exact) mass is 915 g/mol. The van der Waals surface area contributed by atoms with E-state index in [1.807, 2.05) is 47.4 Å². The van der Waals surface area contributed by atoms with Gasteiger partial charge in [0.15, 0.2) is 5.82 Å². The lowest BCUT2D eigenvalue weighted by molar-refractivity contribution is -0.136. The summed E-state index contributed by atoms with van der Waals surface area (Å²) < 4.78 is 5.82. The van der Waals surface area contributed by atoms with E-state index in [9.17, 15) is 24.0 Å². The maximum atomic E-state index is 13.2. The molecule has 1 saturated carbocycles. The van der Waals surface area contributed by atoms with Crippen molar-refractivity contribution >= 4 is 70.1 Å². The van der Waals surface area contributed by atoms with Crippen LogP contribution in [0.5, 0.6) is 0 Å². The largest absolute Gasteiger partial charge is 0.379 e. The summed E-state index contributed by atoms with van der Waals surface area (Å²) in [5.41, 5.74) is 5.10. The second kappa shape index (κ2) is 21.5. The minimum Gasteiger partial charge on any atom is -0.379 e. The Balaban J connectivity index is 0.687. The number of hydrogen-bond donors (Lipinski definition) is 6. The van der Waals surface area contributed by atoms with Gasteiger partial charge in [0, 0.05) is 93.7 Å². The first kappa shape index (κ1) is 45.8. The van der Waals surface area contributed by atoms with Crippen LogP contribution in [0.25, 0.3) is 0 Å². The Morgan fingerprint density at radius 1 is 0.909 bits per heavy atom. The van der Waals surface area contributed by atoms with Crippen molar-refractivity contribution in [2.45, 2.75) is 69.6 Å². The fraction of sp³-hybridized carbons (Fsp3) is 0.396. The van der Waals surface area contributed by atoms with Crippen molar-refractivity contribution in [1.82, 2.24) is 41.0 Å². The molecule has 4 heterocycles. The molecule has 6 N–H and O–H groups in total. The highest BCUT2D eigenvalue weighted by atomic mass is 35.5. The maximum Gasteiger partial charge on any atom is 0.317 e. The molecule has 4 aromatic rings. The number of piperidine rings is 1. The number of anilines is 5. The molecule has 1 unspecified atom stereocenters. The maximum absolute atomic E-state index is 13.2. The number of amides is 6. The summed E-state index contributed by atoms with van der Waals surface area (Å²) in [5.74, 6) is 5.87. The van der Waals surface area contributed by atoms with Gasteiger partial charge in [-0.2, -0.15) is 4.98 Å². The minimum absolute atomic E-state index is 0.00116. The molecule has 0 radical (unpaired) electrons. The second-order valence-electron chi connectivity index (χ2n) is 16.7. The number of halogens is 1. The average molecular weight is 916 g/mol. The van der Waals surface area contributed by atoms with Crippen LogP contribution in [-0.2, 0) is 20.9 Å². The first-order valence-corrected chi connectivity index (χ1v) is 22.9. The third-order valence-corrected chi connectivity index (χ3v) is 12.6. The normalized spacial score (nSPS) is 19.3. The highest BCUT2D eigenvalue weighted by Gasteiger charge is 2.39. The molecular weight excluding hydrogens is 862 g/mol. The molecule has 1 aliphatic carbocycles. The van der Waals surface area contributed by atoms with E-state index in [0.29, 0.717) is 85.3 Å². The van der Waals surface area contributed by atoms with Crippen molar-refractivity contribution < 1.29 is 28.7 Å². The van der Waals surface area contributed by atoms with Crippen LogP contribution in [0, 0.1) is 11.8 Å². The van der Waals surface area contributed by atoms with E-state index in [2.05, 4.69) is 58.6 Å². The van der Waals surface area contributed by atoms with Crippen molar-refractivity contribution in [3.05, 3.63) is 100 Å². The molecule has 3 aromatic carbocycles. The Morgan fingerprint density at radius 2 is 1.68 bits per heavy atom. The van der Waals surface area contributed by atoms with Crippen molar-refractivity contribution in [1.29, 1.82) is 0 Å². The number of para-hydroxylation sites is 1. The number of imide groups is 1. The zero-order valence-corrected chi connectivity index (χ0v) is 37.6. The predicted octanol–water partition coefficient (Wildman–Crippen LogP) is 4.93. The van der Waals surface area contributed by atoms with Gasteiger partial charge in [-0.3, -0.25) is 24.5 Å². The van der Waals surface area contributed by atoms with E-state index < -0.39 is 11.9 Å². The summed E-state index contributed by atoms with van der Waals surface area (Å²) in [6, 6.07) is 20.5. The number of ether oxygens (including phenoxy) is 1. The number of carbonyl (C=O) groups excluding carboxylic acids is 5. The van der Waals surface area contributed by atoms with E-state index in [-0.39, 0.29) is 36.2 Å². The van der Waals surface area contributed by atoms with E-state index in [0.717, 1.165) is 67.8 Å². The average Bonchev–Trinajstić information content (AvgIpc) is 3.66. The lowest BCUT2D eigenvalue weighted by Gasteiger charge is -2.37. The standard InChI is InChI=1S/C48H54ClN11O6/c1-50-44(62)38-7-2-3-8-40(38)55-43-39(49)29-52-47(57-43)53-34-14-16-36(17-15-34)58-22-24-59(25-23-58)48(65)54-35-12-10-33(11-13-35)51-21-27-66-26-5-4-6-31-9-18-37-32(28-31)30-60(46(37)64)41-19-20-42(61)56-45(41)63/h2-3,7-9,14-18,28-29,33,35,41,51H,5,10-13,19-27,30H2,1H3,(H,50,62)(H,54,65)(H,56,61,63)(H2,52,53,55,57)/t33-,35+,41?. The number of piperazine rings is 1. The molecular formula is C48H54ClN11O6. The highest BCUT2D eigenvalue weighted by molar-refractivity contribution is 6.33. The van der Waals surface area contributed by atoms with Crippen LogP contribution in [0.2, 0.25) is 5.02 Å². The molecule has 17 nitrogen and oxygen atoms in total. The smallest absolute Gasteiger partial charge is 0.317 e. The molecule has 66 heavy (non-hydrogen) atoms. The molecule has 4 aliphatic rings. The fourth-order valence-corrected chi connectivity index (χ4v) is 8.84. The number of nitrogens with one attached hydrogen (secondary N) is 6. The first-order valence-electron chi connectivity index (χ1n) is 22.5. The number of nitrogens with zero attached hydrogens (tertiary/aromatic N) is 5. The number of urea groups is 1. The van der Waals surface area contributed by atoms with Crippen LogP contribution in [0.1, 0.15) is 76.8 Å². The predicted molar refractivity (Wildman–Crippen MR) is 251 cm³/mol. The zero-order chi connectivity index (χ0) is 46.0. The lowest BCUT2D eigenvalue weighted by atomic mass is 9.91. The lowest BCUT2D eigenvalue weighted by Crippen LogP contribution is -2.54. The summed E-state index contributed by atoms with van der Waals surface area (Å²) in [5, 5.41) is 18.5. The van der Waals surface area contributed by atoms with Gasteiger partial charge < -0.3 is 46.0 Å². The fourth-order valence-electron chi connectivity index (χ4n) is 8.70. The zero-order valence-electron chi connectivity index (χ0n) is 36.8. The molecule has 1 atom stereocenters. The second-order valence-corrected chi connectivity index (χ2v) is 17.1. The van der Waals surface area contributed by atoms with Crippen LogP contribution in [0.3, 0.4) is 0 Å². The van der Waals surface area contributed by atoms with Gasteiger partial charge in [0.25, 0.3) is 11.8 Å². The van der Waals surface area contributed by atoms with Crippen LogP contribution in [0.15, 0.2) is 72.9 Å². The van der Waals surface area contributed by atoms with Crippen LogP contribution >= 0.6 is 11.6 Å². The van der Waals surface area contributed by atoms with Gasteiger partial charge in [0.1, 0.15) is 11.1 Å². The molecule has 3 aliphatic heterocycles. The van der Waals surface area contributed by atoms with E-state index in [1.165, 1.54) is 11.1 Å².